The largest absolute Gasteiger partial charge is 0.339 e. The average molecular weight is 549 g/mol. The Kier molecular flexibility index (Phi) is 7.01. The summed E-state index contributed by atoms with van der Waals surface area (Å²) in [5.74, 6) is -3.81. The van der Waals surface area contributed by atoms with E-state index in [1.54, 1.807) is 23.1 Å². The van der Waals surface area contributed by atoms with Crippen LogP contribution in [0.1, 0.15) is 29.6 Å². The highest BCUT2D eigenvalue weighted by atomic mass is 32.2. The van der Waals surface area contributed by atoms with Gasteiger partial charge in [-0.1, -0.05) is 17.3 Å². The highest BCUT2D eigenvalue weighted by Gasteiger charge is 2.43. The number of allylic oxidation sites excluding steroid dienone is 1. The van der Waals surface area contributed by atoms with Gasteiger partial charge in [0.2, 0.25) is 10.0 Å². The predicted octanol–water partition coefficient (Wildman–Crippen LogP) is 3.18. The van der Waals surface area contributed by atoms with Crippen LogP contribution in [0.25, 0.3) is 22.2 Å². The van der Waals surface area contributed by atoms with Crippen molar-refractivity contribution in [2.45, 2.75) is 36.6 Å². The van der Waals surface area contributed by atoms with E-state index in [0.717, 1.165) is 17.1 Å². The number of aromatic nitrogens is 3. The Labute approximate surface area is 217 Å². The predicted molar refractivity (Wildman–Crippen MR) is 135 cm³/mol. The Bertz CT molecular complexity index is 1520. The molecule has 2 aliphatic heterocycles. The molecule has 0 saturated carbocycles. The van der Waals surface area contributed by atoms with Crippen molar-refractivity contribution >= 4 is 27.0 Å². The third kappa shape index (κ3) is 5.05. The van der Waals surface area contributed by atoms with Crippen molar-refractivity contribution < 1.29 is 26.4 Å². The summed E-state index contributed by atoms with van der Waals surface area (Å²) < 4.78 is 70.2. The van der Waals surface area contributed by atoms with Gasteiger partial charge in [-0.25, -0.2) is 26.3 Å². The lowest BCUT2D eigenvalue weighted by Gasteiger charge is -2.18. The van der Waals surface area contributed by atoms with Crippen LogP contribution in [0.3, 0.4) is 0 Å². The molecule has 38 heavy (non-hydrogen) atoms. The summed E-state index contributed by atoms with van der Waals surface area (Å²) in [5, 5.41) is 8.26. The van der Waals surface area contributed by atoms with E-state index in [0.29, 0.717) is 40.8 Å². The lowest BCUT2D eigenvalue weighted by Crippen LogP contribution is -2.31. The van der Waals surface area contributed by atoms with E-state index in [1.807, 2.05) is 0 Å². The van der Waals surface area contributed by atoms with Crippen LogP contribution in [0.5, 0.6) is 0 Å². The van der Waals surface area contributed by atoms with Crippen LogP contribution < -0.4 is 5.73 Å². The van der Waals surface area contributed by atoms with Crippen LogP contribution in [0.4, 0.5) is 13.2 Å². The number of benzene rings is 2. The van der Waals surface area contributed by atoms with Crippen LogP contribution in [0.2, 0.25) is 0 Å². The van der Waals surface area contributed by atoms with E-state index in [-0.39, 0.29) is 30.4 Å². The van der Waals surface area contributed by atoms with Crippen molar-refractivity contribution in [1.29, 1.82) is 0 Å². The zero-order chi connectivity index (χ0) is 27.1. The van der Waals surface area contributed by atoms with Crippen LogP contribution in [-0.2, 0) is 16.6 Å². The molecule has 2 aliphatic rings. The third-order valence-corrected chi connectivity index (χ3v) is 8.66. The Morgan fingerprint density at radius 3 is 2.58 bits per heavy atom. The second kappa shape index (κ2) is 10.1. The number of alkyl halides is 2. The van der Waals surface area contributed by atoms with E-state index in [1.165, 1.54) is 29.0 Å². The summed E-state index contributed by atoms with van der Waals surface area (Å²) in [6.45, 7) is -0.157. The molecule has 9 nitrogen and oxygen atoms in total. The fourth-order valence-corrected chi connectivity index (χ4v) is 6.36. The molecular formula is C25H27F3N6O3S. The number of nitrogens with zero attached hydrogens (tertiary/aromatic N) is 5. The molecule has 0 atom stereocenters. The lowest BCUT2D eigenvalue weighted by molar-refractivity contribution is 0.0183. The van der Waals surface area contributed by atoms with Crippen LogP contribution >= 0.6 is 0 Å². The molecule has 2 aromatic carbocycles. The maximum absolute atomic E-state index is 14.3. The second-order valence-corrected chi connectivity index (χ2v) is 11.4. The summed E-state index contributed by atoms with van der Waals surface area (Å²) in [4.78, 5) is 14.9. The fraction of sp³-hybridized carbons (Fsp3) is 0.400. The lowest BCUT2D eigenvalue weighted by atomic mass is 10.0. The molecule has 1 aromatic heterocycles. The summed E-state index contributed by atoms with van der Waals surface area (Å²) >= 11 is 0. The SMILES string of the molecule is NC/C=C(\F)Cn1nnc2c(-c3cccc(S(=O)(=O)N4CCC(F)(F)C4)c3)cc(C(=O)N3CCCC3)cc21. The molecule has 0 aliphatic carbocycles. The minimum atomic E-state index is -4.18. The normalized spacial score (nSPS) is 18.5. The van der Waals surface area contributed by atoms with Gasteiger partial charge in [0.25, 0.3) is 11.8 Å². The summed E-state index contributed by atoms with van der Waals surface area (Å²) in [5.41, 5.74) is 7.29. The van der Waals surface area contributed by atoms with Crippen molar-refractivity contribution in [3.63, 3.8) is 0 Å². The molecule has 2 fully saturated rings. The van der Waals surface area contributed by atoms with Crippen LogP contribution in [-0.4, -0.2) is 77.2 Å². The maximum atomic E-state index is 14.3. The molecule has 3 aromatic rings. The maximum Gasteiger partial charge on any atom is 0.262 e. The van der Waals surface area contributed by atoms with Gasteiger partial charge in [0, 0.05) is 43.7 Å². The summed E-state index contributed by atoms with van der Waals surface area (Å²) in [6.07, 6.45) is 2.46. The zero-order valence-corrected chi connectivity index (χ0v) is 21.3. The van der Waals surface area contributed by atoms with Crippen LogP contribution in [0.15, 0.2) is 53.2 Å². The number of fused-ring (bicyclic) bond motifs is 1. The first-order valence-electron chi connectivity index (χ1n) is 12.3. The van der Waals surface area contributed by atoms with Crippen molar-refractivity contribution in [3.05, 3.63) is 53.9 Å². The standard InChI is InChI=1S/C25H27F3N6O3S/c26-19(6-8-29)15-34-22-14-18(24(35)32-9-1-2-10-32)13-21(23(22)30-31-34)17-4-3-5-20(12-17)38(36,37)33-11-7-25(27,28)16-33/h3-6,12-14H,1-2,7-11,15-16,29H2/b19-6-. The molecule has 1 amide bonds. The molecule has 3 heterocycles. The van der Waals surface area contributed by atoms with E-state index in [4.69, 9.17) is 5.73 Å². The number of nitrogens with two attached hydrogens (primary N) is 1. The number of hydrogen-bond donors (Lipinski definition) is 1. The van der Waals surface area contributed by atoms with Gasteiger partial charge in [-0.2, -0.15) is 4.31 Å². The molecule has 0 unspecified atom stereocenters. The minimum Gasteiger partial charge on any atom is -0.339 e. The van der Waals surface area contributed by atoms with Gasteiger partial charge in [-0.05, 0) is 48.7 Å². The smallest absolute Gasteiger partial charge is 0.262 e. The summed E-state index contributed by atoms with van der Waals surface area (Å²) in [7, 11) is -4.18. The number of amides is 1. The van der Waals surface area contributed by atoms with E-state index >= 15 is 0 Å². The molecule has 2 N–H and O–H groups in total. The molecule has 0 bridgehead atoms. The number of hydrogen-bond acceptors (Lipinski definition) is 6. The number of sulfonamides is 1. The minimum absolute atomic E-state index is 0.00657. The topological polar surface area (TPSA) is 114 Å². The van der Waals surface area contributed by atoms with Gasteiger partial charge in [0.15, 0.2) is 0 Å². The quantitative estimate of drug-likeness (QED) is 0.485. The Balaban J connectivity index is 1.61. The first kappa shape index (κ1) is 26.3. The molecule has 5 rings (SSSR count). The van der Waals surface area contributed by atoms with E-state index in [9.17, 15) is 26.4 Å². The number of likely N-dealkylation sites (tertiary alicyclic amines) is 1. The zero-order valence-electron chi connectivity index (χ0n) is 20.5. The van der Waals surface area contributed by atoms with Crippen molar-refractivity contribution in [3.8, 4) is 11.1 Å². The molecular weight excluding hydrogens is 521 g/mol. The third-order valence-electron chi connectivity index (χ3n) is 6.82. The van der Waals surface area contributed by atoms with Crippen LogP contribution in [0, 0.1) is 0 Å². The monoisotopic (exact) mass is 548 g/mol. The Morgan fingerprint density at radius 2 is 1.89 bits per heavy atom. The first-order chi connectivity index (χ1) is 18.1. The molecule has 0 radical (unpaired) electrons. The van der Waals surface area contributed by atoms with E-state index < -0.39 is 34.7 Å². The number of carbonyl (C=O) groups excluding carboxylic acids is 1. The first-order valence-corrected chi connectivity index (χ1v) is 13.7. The number of rotatable bonds is 7. The van der Waals surface area contributed by atoms with Gasteiger partial charge in [0.1, 0.15) is 11.3 Å². The number of carbonyl (C=O) groups is 1. The summed E-state index contributed by atoms with van der Waals surface area (Å²) in [6, 6.07) is 9.08. The van der Waals surface area contributed by atoms with Gasteiger partial charge in [-0.3, -0.25) is 4.79 Å². The Hall–Kier alpha value is -3.29. The molecule has 2 saturated heterocycles. The molecule has 202 valence electrons. The average Bonchev–Trinajstić information content (AvgIpc) is 3.64. The molecule has 0 spiro atoms. The van der Waals surface area contributed by atoms with Gasteiger partial charge in [0.05, 0.1) is 23.5 Å². The number of halogens is 3. The van der Waals surface area contributed by atoms with Gasteiger partial charge >= 0.3 is 0 Å². The fourth-order valence-electron chi connectivity index (χ4n) is 4.85. The van der Waals surface area contributed by atoms with Gasteiger partial charge < -0.3 is 10.6 Å². The van der Waals surface area contributed by atoms with Crippen molar-refractivity contribution in [2.75, 3.05) is 32.7 Å². The van der Waals surface area contributed by atoms with E-state index in [2.05, 4.69) is 10.3 Å². The Morgan fingerprint density at radius 1 is 1.13 bits per heavy atom. The highest BCUT2D eigenvalue weighted by molar-refractivity contribution is 7.89. The highest BCUT2D eigenvalue weighted by Crippen LogP contribution is 2.34. The van der Waals surface area contributed by atoms with Crippen molar-refractivity contribution in [1.82, 2.24) is 24.2 Å². The van der Waals surface area contributed by atoms with Gasteiger partial charge in [-0.15, -0.1) is 5.10 Å². The molecule has 13 heteroatoms. The van der Waals surface area contributed by atoms with Crippen molar-refractivity contribution in [2.24, 2.45) is 5.73 Å². The second-order valence-electron chi connectivity index (χ2n) is 9.50.